The van der Waals surface area contributed by atoms with Gasteiger partial charge in [0.15, 0.2) is 0 Å². The van der Waals surface area contributed by atoms with E-state index in [2.05, 4.69) is 43.4 Å². The number of esters is 1. The number of ether oxygens (including phenoxy) is 1. The molecule has 4 heteroatoms. The number of carbonyl (C=O) groups is 1. The van der Waals surface area contributed by atoms with Crippen LogP contribution < -0.4 is 5.32 Å². The van der Waals surface area contributed by atoms with E-state index in [1.807, 2.05) is 0 Å². The average molecular weight is 307 g/mol. The molecule has 3 nitrogen and oxygen atoms in total. The summed E-state index contributed by atoms with van der Waals surface area (Å²) in [5.74, 6) is 0.831. The number of methoxy groups -OCH3 is 1. The zero-order chi connectivity index (χ0) is 15.2. The third-order valence-electron chi connectivity index (χ3n) is 4.08. The number of fused-ring (bicyclic) bond motifs is 1. The monoisotopic (exact) mass is 307 g/mol. The number of benzene rings is 1. The van der Waals surface area contributed by atoms with Gasteiger partial charge in [-0.1, -0.05) is 38.1 Å². The summed E-state index contributed by atoms with van der Waals surface area (Å²) in [4.78, 5) is 11.4. The molecule has 0 amide bonds. The number of carbonyl (C=O) groups excluding carboxylic acids is 1. The standard InChI is InChI=1S/C17H25NO2S/c1-4-9-18-17-14-8-6-5-7-13(14)12(2)10-15(17)21-11-16(19)20-3/h5-8,12,15,17-18H,4,9-11H2,1-3H3. The van der Waals surface area contributed by atoms with Crippen molar-refractivity contribution >= 4 is 17.7 Å². The third-order valence-corrected chi connectivity index (χ3v) is 5.37. The van der Waals surface area contributed by atoms with Crippen LogP contribution in [0.3, 0.4) is 0 Å². The topological polar surface area (TPSA) is 38.3 Å². The molecule has 2 rings (SSSR count). The molecular formula is C17H25NO2S. The zero-order valence-electron chi connectivity index (χ0n) is 13.1. The first kappa shape index (κ1) is 16.4. The molecule has 1 aromatic rings. The number of nitrogens with one attached hydrogen (secondary N) is 1. The molecular weight excluding hydrogens is 282 g/mol. The van der Waals surface area contributed by atoms with Crippen LogP contribution in [-0.2, 0) is 9.53 Å². The van der Waals surface area contributed by atoms with Crippen LogP contribution in [0.25, 0.3) is 0 Å². The predicted molar refractivity (Wildman–Crippen MR) is 88.8 cm³/mol. The van der Waals surface area contributed by atoms with Crippen molar-refractivity contribution in [3.63, 3.8) is 0 Å². The van der Waals surface area contributed by atoms with Gasteiger partial charge in [0.05, 0.1) is 12.9 Å². The third kappa shape index (κ3) is 4.01. The smallest absolute Gasteiger partial charge is 0.315 e. The highest BCUT2D eigenvalue weighted by molar-refractivity contribution is 8.00. The van der Waals surface area contributed by atoms with E-state index in [1.165, 1.54) is 18.2 Å². The van der Waals surface area contributed by atoms with Crippen molar-refractivity contribution in [2.45, 2.75) is 43.9 Å². The zero-order valence-corrected chi connectivity index (χ0v) is 13.9. The fourth-order valence-corrected chi connectivity index (χ4v) is 4.32. The lowest BCUT2D eigenvalue weighted by molar-refractivity contribution is -0.137. The van der Waals surface area contributed by atoms with Crippen LogP contribution in [0.15, 0.2) is 24.3 Å². The lowest BCUT2D eigenvalue weighted by atomic mass is 9.80. The maximum absolute atomic E-state index is 11.4. The van der Waals surface area contributed by atoms with Crippen LogP contribution in [0.5, 0.6) is 0 Å². The molecule has 1 N–H and O–H groups in total. The minimum Gasteiger partial charge on any atom is -0.468 e. The Balaban J connectivity index is 2.17. The highest BCUT2D eigenvalue weighted by atomic mass is 32.2. The Bertz CT molecular complexity index is 478. The fraction of sp³-hybridized carbons (Fsp3) is 0.588. The van der Waals surface area contributed by atoms with E-state index >= 15 is 0 Å². The minimum absolute atomic E-state index is 0.138. The Morgan fingerprint density at radius 3 is 2.76 bits per heavy atom. The fourth-order valence-electron chi connectivity index (χ4n) is 2.99. The minimum atomic E-state index is -0.138. The van der Waals surface area contributed by atoms with Gasteiger partial charge in [-0.3, -0.25) is 4.79 Å². The van der Waals surface area contributed by atoms with E-state index in [1.54, 1.807) is 11.8 Å². The second-order valence-electron chi connectivity index (χ2n) is 5.62. The second kappa shape index (κ2) is 7.85. The van der Waals surface area contributed by atoms with Crippen molar-refractivity contribution in [2.24, 2.45) is 0 Å². The largest absolute Gasteiger partial charge is 0.468 e. The molecule has 3 unspecified atom stereocenters. The van der Waals surface area contributed by atoms with Gasteiger partial charge in [0.1, 0.15) is 0 Å². The van der Waals surface area contributed by atoms with Gasteiger partial charge in [0.25, 0.3) is 0 Å². The highest BCUT2D eigenvalue weighted by Crippen LogP contribution is 2.42. The number of rotatable bonds is 6. The first-order chi connectivity index (χ1) is 10.2. The number of thioether (sulfide) groups is 1. The quantitative estimate of drug-likeness (QED) is 0.816. The molecule has 0 aliphatic heterocycles. The van der Waals surface area contributed by atoms with E-state index < -0.39 is 0 Å². The predicted octanol–water partition coefficient (Wildman–Crippen LogP) is 3.51. The van der Waals surface area contributed by atoms with Gasteiger partial charge in [-0.05, 0) is 36.4 Å². The SMILES string of the molecule is CCCNC1c2ccccc2C(C)CC1SCC(=O)OC. The molecule has 0 fully saturated rings. The van der Waals surface area contributed by atoms with E-state index in [-0.39, 0.29) is 5.97 Å². The summed E-state index contributed by atoms with van der Waals surface area (Å²) >= 11 is 1.72. The molecule has 0 saturated heterocycles. The molecule has 1 aliphatic carbocycles. The summed E-state index contributed by atoms with van der Waals surface area (Å²) in [5.41, 5.74) is 2.84. The normalized spacial score (nSPS) is 24.4. The Morgan fingerprint density at radius 2 is 2.10 bits per heavy atom. The maximum atomic E-state index is 11.4. The van der Waals surface area contributed by atoms with Crippen LogP contribution in [-0.4, -0.2) is 30.6 Å². The van der Waals surface area contributed by atoms with E-state index in [0.29, 0.717) is 23.0 Å². The number of hydrogen-bond donors (Lipinski definition) is 1. The van der Waals surface area contributed by atoms with Gasteiger partial charge in [-0.25, -0.2) is 0 Å². The second-order valence-corrected chi connectivity index (χ2v) is 6.85. The summed E-state index contributed by atoms with van der Waals surface area (Å²) in [6.45, 7) is 5.46. The molecule has 0 spiro atoms. The Kier molecular flexibility index (Phi) is 6.12. The van der Waals surface area contributed by atoms with Crippen molar-refractivity contribution in [3.05, 3.63) is 35.4 Å². The molecule has 0 saturated carbocycles. The lowest BCUT2D eigenvalue weighted by Gasteiger charge is -2.37. The van der Waals surface area contributed by atoms with Crippen molar-refractivity contribution in [2.75, 3.05) is 19.4 Å². The van der Waals surface area contributed by atoms with Crippen LogP contribution in [0.2, 0.25) is 0 Å². The Labute approximate surface area is 131 Å². The molecule has 1 aromatic carbocycles. The molecule has 0 bridgehead atoms. The molecule has 1 aliphatic rings. The van der Waals surface area contributed by atoms with E-state index in [9.17, 15) is 4.79 Å². The van der Waals surface area contributed by atoms with Gasteiger partial charge in [-0.15, -0.1) is 11.8 Å². The van der Waals surface area contributed by atoms with E-state index in [4.69, 9.17) is 4.74 Å². The van der Waals surface area contributed by atoms with Crippen molar-refractivity contribution in [3.8, 4) is 0 Å². The summed E-state index contributed by atoms with van der Waals surface area (Å²) in [6.07, 6.45) is 2.21. The molecule has 21 heavy (non-hydrogen) atoms. The highest BCUT2D eigenvalue weighted by Gasteiger charge is 2.33. The maximum Gasteiger partial charge on any atom is 0.315 e. The van der Waals surface area contributed by atoms with Gasteiger partial charge in [0.2, 0.25) is 0 Å². The lowest BCUT2D eigenvalue weighted by Crippen LogP contribution is -2.36. The van der Waals surface area contributed by atoms with Crippen molar-refractivity contribution in [1.82, 2.24) is 5.32 Å². The van der Waals surface area contributed by atoms with Gasteiger partial charge in [0, 0.05) is 11.3 Å². The Morgan fingerprint density at radius 1 is 1.38 bits per heavy atom. The summed E-state index contributed by atoms with van der Waals surface area (Å²) < 4.78 is 4.77. The number of hydrogen-bond acceptors (Lipinski definition) is 4. The first-order valence-electron chi connectivity index (χ1n) is 7.68. The van der Waals surface area contributed by atoms with Gasteiger partial charge < -0.3 is 10.1 Å². The van der Waals surface area contributed by atoms with Crippen molar-refractivity contribution < 1.29 is 9.53 Å². The summed E-state index contributed by atoms with van der Waals surface area (Å²) in [6, 6.07) is 9.02. The van der Waals surface area contributed by atoms with E-state index in [0.717, 1.165) is 19.4 Å². The van der Waals surface area contributed by atoms with Crippen LogP contribution in [0.4, 0.5) is 0 Å². The van der Waals surface area contributed by atoms with Gasteiger partial charge >= 0.3 is 5.97 Å². The molecule has 0 radical (unpaired) electrons. The van der Waals surface area contributed by atoms with Crippen LogP contribution in [0.1, 0.15) is 49.8 Å². The van der Waals surface area contributed by atoms with Gasteiger partial charge in [-0.2, -0.15) is 0 Å². The van der Waals surface area contributed by atoms with Crippen LogP contribution in [0, 0.1) is 0 Å². The first-order valence-corrected chi connectivity index (χ1v) is 8.72. The molecule has 3 atom stereocenters. The van der Waals surface area contributed by atoms with Crippen molar-refractivity contribution in [1.29, 1.82) is 0 Å². The molecule has 0 heterocycles. The molecule has 0 aromatic heterocycles. The average Bonchev–Trinajstić information content (AvgIpc) is 2.52. The molecule has 116 valence electrons. The summed E-state index contributed by atoms with van der Waals surface area (Å²) in [5, 5.41) is 4.08. The Hall–Kier alpha value is -1.00. The summed E-state index contributed by atoms with van der Waals surface area (Å²) in [7, 11) is 1.45. The van der Waals surface area contributed by atoms with Crippen LogP contribution >= 0.6 is 11.8 Å².